The van der Waals surface area contributed by atoms with E-state index in [-0.39, 0.29) is 6.04 Å². The van der Waals surface area contributed by atoms with Crippen LogP contribution in [0.3, 0.4) is 0 Å². The van der Waals surface area contributed by atoms with Crippen molar-refractivity contribution >= 4 is 11.0 Å². The normalized spacial score (nSPS) is 12.7. The number of imidazole rings is 1. The molecule has 2 heterocycles. The molecule has 1 atom stereocenters. The van der Waals surface area contributed by atoms with Crippen LogP contribution in [-0.4, -0.2) is 31.3 Å². The van der Waals surface area contributed by atoms with Gasteiger partial charge in [0.25, 0.3) is 0 Å². The molecule has 1 aromatic carbocycles. The third-order valence-electron chi connectivity index (χ3n) is 3.15. The number of nitrogens with zero attached hydrogens (tertiary/aromatic N) is 5. The van der Waals surface area contributed by atoms with Crippen LogP contribution in [0.2, 0.25) is 0 Å². The monoisotopic (exact) mass is 257 g/mol. The molecule has 0 amide bonds. The molecule has 0 spiro atoms. The zero-order chi connectivity index (χ0) is 13.2. The Kier molecular flexibility index (Phi) is 2.91. The molecule has 98 valence electrons. The lowest BCUT2D eigenvalue weighted by atomic mass is 10.1. The Morgan fingerprint density at radius 3 is 3.00 bits per heavy atom. The largest absolute Gasteiger partial charge is 0.395 e. The van der Waals surface area contributed by atoms with E-state index in [1.165, 1.54) is 4.85 Å². The first kappa shape index (κ1) is 11.7. The summed E-state index contributed by atoms with van der Waals surface area (Å²) in [5.41, 5.74) is 2.87. The van der Waals surface area contributed by atoms with Crippen LogP contribution in [-0.2, 0) is 0 Å². The standard InChI is InChI=1S/C13H15N5O/c1-3-19-18-13-8-11(4-5-12(13)15-16-18)10(2)17-7-6-14-9-17/h4-10H,3H2,1-2H3. The first-order valence-electron chi connectivity index (χ1n) is 6.25. The third-order valence-corrected chi connectivity index (χ3v) is 3.15. The van der Waals surface area contributed by atoms with Crippen molar-refractivity contribution in [2.75, 3.05) is 6.61 Å². The van der Waals surface area contributed by atoms with E-state index in [2.05, 4.69) is 38.9 Å². The first-order chi connectivity index (χ1) is 9.29. The molecule has 6 nitrogen and oxygen atoms in total. The summed E-state index contributed by atoms with van der Waals surface area (Å²) >= 11 is 0. The summed E-state index contributed by atoms with van der Waals surface area (Å²) in [5, 5.41) is 8.04. The van der Waals surface area contributed by atoms with E-state index in [0.29, 0.717) is 6.61 Å². The van der Waals surface area contributed by atoms with Gasteiger partial charge in [0.15, 0.2) is 0 Å². The Balaban J connectivity index is 2.02. The van der Waals surface area contributed by atoms with Crippen LogP contribution >= 0.6 is 0 Å². The lowest BCUT2D eigenvalue weighted by Crippen LogP contribution is -2.12. The number of rotatable bonds is 4. The summed E-state index contributed by atoms with van der Waals surface area (Å²) < 4.78 is 2.05. The van der Waals surface area contributed by atoms with Gasteiger partial charge in [-0.3, -0.25) is 0 Å². The second kappa shape index (κ2) is 4.72. The predicted molar refractivity (Wildman–Crippen MR) is 70.7 cm³/mol. The van der Waals surface area contributed by atoms with Crippen LogP contribution in [0.25, 0.3) is 11.0 Å². The van der Waals surface area contributed by atoms with Crippen LogP contribution in [0.5, 0.6) is 0 Å². The van der Waals surface area contributed by atoms with Crippen molar-refractivity contribution in [3.05, 3.63) is 42.5 Å². The molecule has 0 N–H and O–H groups in total. The highest BCUT2D eigenvalue weighted by atomic mass is 16.7. The number of aromatic nitrogens is 5. The third kappa shape index (κ3) is 2.05. The lowest BCUT2D eigenvalue weighted by molar-refractivity contribution is 0.0979. The van der Waals surface area contributed by atoms with Gasteiger partial charge in [0.1, 0.15) is 17.6 Å². The zero-order valence-corrected chi connectivity index (χ0v) is 10.9. The average molecular weight is 257 g/mol. The molecule has 0 bridgehead atoms. The van der Waals surface area contributed by atoms with Crippen LogP contribution in [0.15, 0.2) is 36.9 Å². The lowest BCUT2D eigenvalue weighted by Gasteiger charge is -2.13. The molecule has 19 heavy (non-hydrogen) atoms. The minimum Gasteiger partial charge on any atom is -0.395 e. The highest BCUT2D eigenvalue weighted by Gasteiger charge is 2.11. The van der Waals surface area contributed by atoms with Crippen LogP contribution in [0, 0.1) is 0 Å². The fraction of sp³-hybridized carbons (Fsp3) is 0.308. The highest BCUT2D eigenvalue weighted by Crippen LogP contribution is 2.21. The molecule has 3 rings (SSSR count). The maximum absolute atomic E-state index is 5.41. The molecule has 0 saturated carbocycles. The zero-order valence-electron chi connectivity index (χ0n) is 10.9. The summed E-state index contributed by atoms with van der Waals surface area (Å²) in [5.74, 6) is 0. The van der Waals surface area contributed by atoms with Gasteiger partial charge in [-0.15, -0.1) is 5.10 Å². The Morgan fingerprint density at radius 1 is 1.37 bits per heavy atom. The van der Waals surface area contributed by atoms with Gasteiger partial charge in [-0.25, -0.2) is 4.98 Å². The summed E-state index contributed by atoms with van der Waals surface area (Å²) in [4.78, 5) is 11.0. The minimum absolute atomic E-state index is 0.205. The molecule has 1 unspecified atom stereocenters. The second-order valence-corrected chi connectivity index (χ2v) is 4.31. The van der Waals surface area contributed by atoms with Gasteiger partial charge in [-0.2, -0.15) is 0 Å². The molecule has 0 radical (unpaired) electrons. The Labute approximate surface area is 110 Å². The van der Waals surface area contributed by atoms with Crippen molar-refractivity contribution in [2.45, 2.75) is 19.9 Å². The molecule has 0 aliphatic heterocycles. The van der Waals surface area contributed by atoms with Gasteiger partial charge < -0.3 is 9.40 Å². The minimum atomic E-state index is 0.205. The molecule has 3 aromatic rings. The second-order valence-electron chi connectivity index (χ2n) is 4.31. The molecular weight excluding hydrogens is 242 g/mol. The molecule has 0 aliphatic carbocycles. The molecule has 0 aliphatic rings. The van der Waals surface area contributed by atoms with Gasteiger partial charge in [-0.1, -0.05) is 10.9 Å². The molecular formula is C13H15N5O. The van der Waals surface area contributed by atoms with Crippen molar-refractivity contribution in [2.24, 2.45) is 0 Å². The Bertz CT molecular complexity index is 673. The maximum atomic E-state index is 5.41. The first-order valence-corrected chi connectivity index (χ1v) is 6.25. The number of fused-ring (bicyclic) bond motifs is 1. The van der Waals surface area contributed by atoms with Gasteiger partial charge in [0.05, 0.1) is 12.4 Å². The Hall–Kier alpha value is -2.37. The van der Waals surface area contributed by atoms with E-state index in [1.54, 1.807) is 6.20 Å². The van der Waals surface area contributed by atoms with Crippen LogP contribution in [0.1, 0.15) is 25.5 Å². The number of hydrogen-bond donors (Lipinski definition) is 0. The summed E-state index contributed by atoms with van der Waals surface area (Å²) in [6.45, 7) is 4.60. The molecule has 2 aromatic heterocycles. The molecule has 6 heteroatoms. The number of benzene rings is 1. The van der Waals surface area contributed by atoms with Gasteiger partial charge in [0.2, 0.25) is 0 Å². The SMILES string of the molecule is CCOn1nnc2ccc(C(C)n3ccnc3)cc21. The van der Waals surface area contributed by atoms with Crippen molar-refractivity contribution in [3.8, 4) is 0 Å². The van der Waals surface area contributed by atoms with E-state index in [1.807, 2.05) is 25.5 Å². The summed E-state index contributed by atoms with van der Waals surface area (Å²) in [7, 11) is 0. The highest BCUT2D eigenvalue weighted by molar-refractivity contribution is 5.74. The van der Waals surface area contributed by atoms with Crippen LogP contribution in [0.4, 0.5) is 0 Å². The van der Waals surface area contributed by atoms with E-state index in [0.717, 1.165) is 16.6 Å². The number of hydrogen-bond acceptors (Lipinski definition) is 4. The summed E-state index contributed by atoms with van der Waals surface area (Å²) in [6, 6.07) is 6.27. The fourth-order valence-corrected chi connectivity index (χ4v) is 2.06. The molecule has 0 fully saturated rings. The van der Waals surface area contributed by atoms with Crippen molar-refractivity contribution in [1.82, 2.24) is 24.7 Å². The van der Waals surface area contributed by atoms with E-state index < -0.39 is 0 Å². The summed E-state index contributed by atoms with van der Waals surface area (Å²) in [6.07, 6.45) is 5.54. The van der Waals surface area contributed by atoms with Gasteiger partial charge >= 0.3 is 0 Å². The predicted octanol–water partition coefficient (Wildman–Crippen LogP) is 1.69. The topological polar surface area (TPSA) is 57.8 Å². The van der Waals surface area contributed by atoms with E-state index in [4.69, 9.17) is 4.84 Å². The molecule has 0 saturated heterocycles. The quantitative estimate of drug-likeness (QED) is 0.713. The maximum Gasteiger partial charge on any atom is 0.131 e. The fourth-order valence-electron chi connectivity index (χ4n) is 2.06. The van der Waals surface area contributed by atoms with Gasteiger partial charge in [0, 0.05) is 12.4 Å². The van der Waals surface area contributed by atoms with Crippen molar-refractivity contribution < 1.29 is 4.84 Å². The van der Waals surface area contributed by atoms with Crippen molar-refractivity contribution in [3.63, 3.8) is 0 Å². The smallest absolute Gasteiger partial charge is 0.131 e. The van der Waals surface area contributed by atoms with E-state index in [9.17, 15) is 0 Å². The Morgan fingerprint density at radius 2 is 2.26 bits per heavy atom. The van der Waals surface area contributed by atoms with Gasteiger partial charge in [-0.05, 0) is 36.8 Å². The van der Waals surface area contributed by atoms with E-state index >= 15 is 0 Å². The average Bonchev–Trinajstić information content (AvgIpc) is 3.08. The van der Waals surface area contributed by atoms with Crippen LogP contribution < -0.4 is 4.84 Å². The van der Waals surface area contributed by atoms with Crippen molar-refractivity contribution in [1.29, 1.82) is 0 Å².